The largest absolute Gasteiger partial charge is 0.506 e. The standard InChI is InChI=1S/C10H7FN2O/c11-7-1-2-9(13-5-7)8-3-4-12-6-10(8)14/h1-6,14H. The van der Waals surface area contributed by atoms with Crippen molar-refractivity contribution in [2.45, 2.75) is 0 Å². The van der Waals surface area contributed by atoms with Crippen molar-refractivity contribution in [2.75, 3.05) is 0 Å². The van der Waals surface area contributed by atoms with Gasteiger partial charge in [0, 0.05) is 11.8 Å². The number of pyridine rings is 2. The topological polar surface area (TPSA) is 46.0 Å². The highest BCUT2D eigenvalue weighted by atomic mass is 19.1. The van der Waals surface area contributed by atoms with Crippen molar-refractivity contribution in [3.8, 4) is 17.0 Å². The van der Waals surface area contributed by atoms with Gasteiger partial charge in [-0.25, -0.2) is 4.39 Å². The van der Waals surface area contributed by atoms with Crippen LogP contribution in [0, 0.1) is 5.82 Å². The van der Waals surface area contributed by atoms with Gasteiger partial charge >= 0.3 is 0 Å². The van der Waals surface area contributed by atoms with E-state index in [0.29, 0.717) is 11.3 Å². The second-order valence-electron chi connectivity index (χ2n) is 2.75. The van der Waals surface area contributed by atoms with Crippen molar-refractivity contribution in [2.24, 2.45) is 0 Å². The van der Waals surface area contributed by atoms with Crippen LogP contribution in [0.2, 0.25) is 0 Å². The van der Waals surface area contributed by atoms with Gasteiger partial charge < -0.3 is 5.11 Å². The molecule has 0 amide bonds. The van der Waals surface area contributed by atoms with Crippen LogP contribution in [0.5, 0.6) is 5.75 Å². The molecule has 2 aromatic heterocycles. The zero-order valence-electron chi connectivity index (χ0n) is 7.18. The Balaban J connectivity index is 2.50. The number of aromatic nitrogens is 2. The van der Waals surface area contributed by atoms with Gasteiger partial charge in [0.2, 0.25) is 0 Å². The molecule has 0 unspecified atom stereocenters. The molecule has 3 nitrogen and oxygen atoms in total. The van der Waals surface area contributed by atoms with E-state index in [-0.39, 0.29) is 5.75 Å². The van der Waals surface area contributed by atoms with Crippen LogP contribution in [0.3, 0.4) is 0 Å². The fourth-order valence-corrected chi connectivity index (χ4v) is 1.14. The number of aromatic hydroxyl groups is 1. The van der Waals surface area contributed by atoms with Crippen LogP contribution in [-0.2, 0) is 0 Å². The Bertz CT molecular complexity index is 442. The van der Waals surface area contributed by atoms with Gasteiger partial charge in [0.1, 0.15) is 11.6 Å². The summed E-state index contributed by atoms with van der Waals surface area (Å²) in [6.45, 7) is 0. The summed E-state index contributed by atoms with van der Waals surface area (Å²) in [4.78, 5) is 7.58. The monoisotopic (exact) mass is 190 g/mol. The van der Waals surface area contributed by atoms with Crippen LogP contribution in [0.4, 0.5) is 4.39 Å². The van der Waals surface area contributed by atoms with Gasteiger partial charge in [0.05, 0.1) is 18.1 Å². The van der Waals surface area contributed by atoms with Crippen molar-refractivity contribution in [3.05, 3.63) is 42.6 Å². The second kappa shape index (κ2) is 3.41. The van der Waals surface area contributed by atoms with E-state index in [1.165, 1.54) is 18.3 Å². The van der Waals surface area contributed by atoms with E-state index < -0.39 is 5.82 Å². The molecule has 2 rings (SSSR count). The molecular formula is C10H7FN2O. The normalized spacial score (nSPS) is 10.1. The van der Waals surface area contributed by atoms with Gasteiger partial charge in [-0.15, -0.1) is 0 Å². The smallest absolute Gasteiger partial charge is 0.143 e. The number of halogens is 1. The predicted octanol–water partition coefficient (Wildman–Crippen LogP) is 1.99. The van der Waals surface area contributed by atoms with E-state index in [2.05, 4.69) is 9.97 Å². The Morgan fingerprint density at radius 2 is 2.00 bits per heavy atom. The van der Waals surface area contributed by atoms with Crippen molar-refractivity contribution in [1.29, 1.82) is 0 Å². The average Bonchev–Trinajstić information content (AvgIpc) is 2.20. The molecule has 2 heterocycles. The summed E-state index contributed by atoms with van der Waals surface area (Å²) in [5, 5.41) is 9.44. The van der Waals surface area contributed by atoms with E-state index in [1.54, 1.807) is 12.3 Å². The number of hydrogen-bond donors (Lipinski definition) is 1. The first-order chi connectivity index (χ1) is 6.77. The molecule has 1 N–H and O–H groups in total. The lowest BCUT2D eigenvalue weighted by Crippen LogP contribution is -1.85. The van der Waals surface area contributed by atoms with Crippen LogP contribution >= 0.6 is 0 Å². The first kappa shape index (κ1) is 8.62. The van der Waals surface area contributed by atoms with E-state index >= 15 is 0 Å². The fourth-order valence-electron chi connectivity index (χ4n) is 1.14. The SMILES string of the molecule is Oc1cnccc1-c1ccc(F)cn1. The Hall–Kier alpha value is -1.97. The van der Waals surface area contributed by atoms with Crippen LogP contribution in [0.25, 0.3) is 11.3 Å². The molecule has 0 saturated carbocycles. The number of nitrogens with zero attached hydrogens (tertiary/aromatic N) is 2. The maximum Gasteiger partial charge on any atom is 0.143 e. The molecule has 70 valence electrons. The van der Waals surface area contributed by atoms with Gasteiger partial charge in [0.15, 0.2) is 0 Å². The highest BCUT2D eigenvalue weighted by molar-refractivity contribution is 5.65. The Morgan fingerprint density at radius 1 is 1.14 bits per heavy atom. The Kier molecular flexibility index (Phi) is 2.10. The van der Waals surface area contributed by atoms with Gasteiger partial charge in [-0.3, -0.25) is 9.97 Å². The molecule has 0 aliphatic rings. The third-order valence-electron chi connectivity index (χ3n) is 1.80. The number of rotatable bonds is 1. The fraction of sp³-hybridized carbons (Fsp3) is 0. The number of hydrogen-bond acceptors (Lipinski definition) is 3. The van der Waals surface area contributed by atoms with E-state index in [4.69, 9.17) is 0 Å². The summed E-state index contributed by atoms with van der Waals surface area (Å²) < 4.78 is 12.6. The first-order valence-corrected chi connectivity index (χ1v) is 4.02. The highest BCUT2D eigenvalue weighted by Crippen LogP contribution is 2.25. The maximum absolute atomic E-state index is 12.6. The molecule has 0 aliphatic heterocycles. The minimum absolute atomic E-state index is 0.0339. The van der Waals surface area contributed by atoms with Crippen molar-refractivity contribution in [1.82, 2.24) is 9.97 Å². The third kappa shape index (κ3) is 1.54. The van der Waals surface area contributed by atoms with Crippen molar-refractivity contribution >= 4 is 0 Å². The van der Waals surface area contributed by atoms with Crippen LogP contribution in [-0.4, -0.2) is 15.1 Å². The van der Waals surface area contributed by atoms with Crippen LogP contribution < -0.4 is 0 Å². The second-order valence-corrected chi connectivity index (χ2v) is 2.75. The molecule has 0 aromatic carbocycles. The zero-order chi connectivity index (χ0) is 9.97. The molecular weight excluding hydrogens is 183 g/mol. The third-order valence-corrected chi connectivity index (χ3v) is 1.80. The summed E-state index contributed by atoms with van der Waals surface area (Å²) >= 11 is 0. The lowest BCUT2D eigenvalue weighted by Gasteiger charge is -2.01. The highest BCUT2D eigenvalue weighted by Gasteiger charge is 2.04. The van der Waals surface area contributed by atoms with E-state index in [0.717, 1.165) is 6.20 Å². The van der Waals surface area contributed by atoms with Gasteiger partial charge in [-0.1, -0.05) is 0 Å². The molecule has 0 radical (unpaired) electrons. The first-order valence-electron chi connectivity index (χ1n) is 4.02. The Morgan fingerprint density at radius 3 is 2.64 bits per heavy atom. The molecule has 0 bridgehead atoms. The Labute approximate surface area is 79.9 Å². The molecule has 0 fully saturated rings. The average molecular weight is 190 g/mol. The molecule has 14 heavy (non-hydrogen) atoms. The summed E-state index contributed by atoms with van der Waals surface area (Å²) in [7, 11) is 0. The van der Waals surface area contributed by atoms with Gasteiger partial charge in [-0.2, -0.15) is 0 Å². The van der Waals surface area contributed by atoms with Crippen molar-refractivity contribution < 1.29 is 9.50 Å². The molecule has 0 atom stereocenters. The predicted molar refractivity (Wildman–Crippen MR) is 49.1 cm³/mol. The summed E-state index contributed by atoms with van der Waals surface area (Å²) in [5.41, 5.74) is 1.06. The minimum Gasteiger partial charge on any atom is -0.506 e. The zero-order valence-corrected chi connectivity index (χ0v) is 7.18. The minimum atomic E-state index is -0.401. The molecule has 2 aromatic rings. The maximum atomic E-state index is 12.6. The molecule has 4 heteroatoms. The molecule has 0 aliphatic carbocycles. The van der Waals surface area contributed by atoms with E-state index in [1.807, 2.05) is 0 Å². The lowest BCUT2D eigenvalue weighted by molar-refractivity contribution is 0.474. The van der Waals surface area contributed by atoms with Crippen molar-refractivity contribution in [3.63, 3.8) is 0 Å². The van der Waals surface area contributed by atoms with E-state index in [9.17, 15) is 9.50 Å². The lowest BCUT2D eigenvalue weighted by atomic mass is 10.1. The summed E-state index contributed by atoms with van der Waals surface area (Å²) in [5.74, 6) is -0.367. The van der Waals surface area contributed by atoms with Crippen LogP contribution in [0.1, 0.15) is 0 Å². The van der Waals surface area contributed by atoms with Crippen LogP contribution in [0.15, 0.2) is 36.8 Å². The summed E-state index contributed by atoms with van der Waals surface area (Å²) in [6, 6.07) is 4.42. The quantitative estimate of drug-likeness (QED) is 0.747. The molecule has 0 saturated heterocycles. The van der Waals surface area contributed by atoms with Gasteiger partial charge in [-0.05, 0) is 18.2 Å². The summed E-state index contributed by atoms with van der Waals surface area (Å²) in [6.07, 6.45) is 3.97. The molecule has 0 spiro atoms. The van der Waals surface area contributed by atoms with Gasteiger partial charge in [0.25, 0.3) is 0 Å².